The van der Waals surface area contributed by atoms with Crippen molar-refractivity contribution < 1.29 is 4.74 Å². The first-order valence-corrected chi connectivity index (χ1v) is 6.36. The Hall–Kier alpha value is -1.04. The minimum Gasteiger partial charge on any atom is -0.492 e. The van der Waals surface area contributed by atoms with E-state index in [1.165, 1.54) is 11.8 Å². The van der Waals surface area contributed by atoms with Crippen LogP contribution >= 0.6 is 35.6 Å². The lowest BCUT2D eigenvalue weighted by molar-refractivity contribution is 0.398. The lowest BCUT2D eigenvalue weighted by atomic mass is 10.4. The number of rotatable bonds is 3. The number of H-pyrrole nitrogens is 1. The van der Waals surface area contributed by atoms with E-state index in [9.17, 15) is 0 Å². The fourth-order valence-electron chi connectivity index (χ4n) is 1.21. The lowest BCUT2D eigenvalue weighted by Crippen LogP contribution is -1.92. The van der Waals surface area contributed by atoms with Gasteiger partial charge in [-0.3, -0.25) is 0 Å². The number of aromatic nitrogens is 2. The molecule has 0 aliphatic rings. The molecule has 2 rings (SSSR count). The third-order valence-corrected chi connectivity index (χ3v) is 3.47. The van der Waals surface area contributed by atoms with Crippen LogP contribution in [0.5, 0.6) is 5.75 Å². The second kappa shape index (κ2) is 5.53. The highest BCUT2D eigenvalue weighted by molar-refractivity contribution is 7.99. The quantitative estimate of drug-likeness (QED) is 0.684. The molecular weight excluding hydrogens is 276 g/mol. The first kappa shape index (κ1) is 12.4. The summed E-state index contributed by atoms with van der Waals surface area (Å²) in [6.45, 7) is 0. The van der Waals surface area contributed by atoms with E-state index in [0.29, 0.717) is 15.5 Å². The summed E-state index contributed by atoms with van der Waals surface area (Å²) in [5, 5.41) is 1.54. The van der Waals surface area contributed by atoms with Gasteiger partial charge in [-0.1, -0.05) is 23.4 Å². The van der Waals surface area contributed by atoms with E-state index in [2.05, 4.69) is 9.97 Å². The molecule has 2 aromatic rings. The SMILES string of the molecule is COc1cnc(=S)[nH]c1Sc1ccc(Cl)cc1. The van der Waals surface area contributed by atoms with Crippen molar-refractivity contribution in [1.82, 2.24) is 9.97 Å². The number of methoxy groups -OCH3 is 1. The van der Waals surface area contributed by atoms with Gasteiger partial charge in [-0.2, -0.15) is 0 Å². The standard InChI is InChI=1S/C11H9ClN2OS2/c1-15-9-6-13-11(16)14-10(9)17-8-4-2-7(12)3-5-8/h2-6H,1H3,(H,13,14,16). The second-order valence-electron chi connectivity index (χ2n) is 3.14. The molecule has 1 heterocycles. The molecule has 6 heteroatoms. The normalized spacial score (nSPS) is 10.2. The van der Waals surface area contributed by atoms with Gasteiger partial charge in [0, 0.05) is 9.92 Å². The highest BCUT2D eigenvalue weighted by Crippen LogP contribution is 2.32. The molecule has 0 atom stereocenters. The van der Waals surface area contributed by atoms with Gasteiger partial charge in [-0.25, -0.2) is 4.98 Å². The van der Waals surface area contributed by atoms with Gasteiger partial charge in [-0.15, -0.1) is 0 Å². The molecule has 1 aromatic heterocycles. The molecule has 0 unspecified atom stereocenters. The average Bonchev–Trinajstić information content (AvgIpc) is 2.32. The minimum atomic E-state index is 0.433. The Labute approximate surface area is 113 Å². The number of aromatic amines is 1. The Balaban J connectivity index is 2.31. The van der Waals surface area contributed by atoms with Gasteiger partial charge < -0.3 is 9.72 Å². The van der Waals surface area contributed by atoms with E-state index in [0.717, 1.165) is 9.92 Å². The van der Waals surface area contributed by atoms with E-state index in [-0.39, 0.29) is 0 Å². The van der Waals surface area contributed by atoms with Crippen LogP contribution in [0.25, 0.3) is 0 Å². The van der Waals surface area contributed by atoms with Gasteiger partial charge in [-0.05, 0) is 36.5 Å². The van der Waals surface area contributed by atoms with Crippen molar-refractivity contribution in [2.75, 3.05) is 7.11 Å². The highest BCUT2D eigenvalue weighted by Gasteiger charge is 2.05. The molecule has 0 bridgehead atoms. The van der Waals surface area contributed by atoms with Gasteiger partial charge >= 0.3 is 0 Å². The third kappa shape index (κ3) is 3.21. The molecule has 1 N–H and O–H groups in total. The Bertz CT molecular complexity index is 568. The fourth-order valence-corrected chi connectivity index (χ4v) is 2.45. The first-order valence-electron chi connectivity index (χ1n) is 4.76. The van der Waals surface area contributed by atoms with Crippen LogP contribution in [0.3, 0.4) is 0 Å². The average molecular weight is 285 g/mol. The van der Waals surface area contributed by atoms with Crippen molar-refractivity contribution in [1.29, 1.82) is 0 Å². The summed E-state index contributed by atoms with van der Waals surface area (Å²) in [6, 6.07) is 7.55. The number of nitrogens with zero attached hydrogens (tertiary/aromatic N) is 1. The number of halogens is 1. The zero-order valence-corrected chi connectivity index (χ0v) is 11.3. The predicted molar refractivity (Wildman–Crippen MR) is 71.5 cm³/mol. The Morgan fingerprint density at radius 1 is 1.35 bits per heavy atom. The van der Waals surface area contributed by atoms with Crippen molar-refractivity contribution >= 4 is 35.6 Å². The zero-order valence-electron chi connectivity index (χ0n) is 8.94. The topological polar surface area (TPSA) is 37.9 Å². The first-order chi connectivity index (χ1) is 8.19. The molecule has 0 saturated heterocycles. The summed E-state index contributed by atoms with van der Waals surface area (Å²) in [5.74, 6) is 0.665. The molecule has 0 spiro atoms. The molecule has 0 saturated carbocycles. The van der Waals surface area contributed by atoms with Crippen molar-refractivity contribution in [3.63, 3.8) is 0 Å². The maximum absolute atomic E-state index is 5.83. The van der Waals surface area contributed by atoms with Gasteiger partial charge in [0.15, 0.2) is 10.5 Å². The summed E-state index contributed by atoms with van der Waals surface area (Å²) in [5.41, 5.74) is 0. The molecule has 0 amide bonds. The van der Waals surface area contributed by atoms with Crippen molar-refractivity contribution in [2.24, 2.45) is 0 Å². The van der Waals surface area contributed by atoms with Gasteiger partial charge in [0.2, 0.25) is 0 Å². The molecular formula is C11H9ClN2OS2. The molecule has 1 aromatic carbocycles. The van der Waals surface area contributed by atoms with Crippen LogP contribution in [-0.4, -0.2) is 17.1 Å². The van der Waals surface area contributed by atoms with Gasteiger partial charge in [0.1, 0.15) is 5.03 Å². The number of hydrogen-bond acceptors (Lipinski definition) is 4. The van der Waals surface area contributed by atoms with Crippen molar-refractivity contribution in [3.05, 3.63) is 40.3 Å². The monoisotopic (exact) mass is 284 g/mol. The van der Waals surface area contributed by atoms with E-state index in [1.54, 1.807) is 13.3 Å². The third-order valence-electron chi connectivity index (χ3n) is 2.00. The fraction of sp³-hybridized carbons (Fsp3) is 0.0909. The van der Waals surface area contributed by atoms with Gasteiger partial charge in [0.05, 0.1) is 13.3 Å². The zero-order chi connectivity index (χ0) is 12.3. The van der Waals surface area contributed by atoms with E-state index >= 15 is 0 Å². The smallest absolute Gasteiger partial charge is 0.197 e. The summed E-state index contributed by atoms with van der Waals surface area (Å²) in [6.07, 6.45) is 1.61. The Morgan fingerprint density at radius 2 is 2.06 bits per heavy atom. The molecule has 0 fully saturated rings. The Kier molecular flexibility index (Phi) is 4.04. The van der Waals surface area contributed by atoms with E-state index < -0.39 is 0 Å². The van der Waals surface area contributed by atoms with Crippen LogP contribution < -0.4 is 4.74 Å². The molecule has 0 aliphatic heterocycles. The molecule has 0 radical (unpaired) electrons. The molecule has 17 heavy (non-hydrogen) atoms. The highest BCUT2D eigenvalue weighted by atomic mass is 35.5. The maximum Gasteiger partial charge on any atom is 0.197 e. The van der Waals surface area contributed by atoms with Crippen molar-refractivity contribution in [2.45, 2.75) is 9.92 Å². The van der Waals surface area contributed by atoms with E-state index in [4.69, 9.17) is 28.6 Å². The summed E-state index contributed by atoms with van der Waals surface area (Å²) >= 11 is 12.3. The summed E-state index contributed by atoms with van der Waals surface area (Å²) < 4.78 is 5.64. The number of benzene rings is 1. The van der Waals surface area contributed by atoms with Crippen LogP contribution in [0.1, 0.15) is 0 Å². The molecule has 0 aliphatic carbocycles. The van der Waals surface area contributed by atoms with E-state index in [1.807, 2.05) is 24.3 Å². The predicted octanol–water partition coefficient (Wildman–Crippen LogP) is 3.95. The Morgan fingerprint density at radius 3 is 2.71 bits per heavy atom. The number of hydrogen-bond donors (Lipinski definition) is 1. The second-order valence-corrected chi connectivity index (χ2v) is 5.05. The number of ether oxygens (including phenoxy) is 1. The molecule has 88 valence electrons. The molecule has 3 nitrogen and oxygen atoms in total. The van der Waals surface area contributed by atoms with Crippen LogP contribution in [0.2, 0.25) is 5.02 Å². The van der Waals surface area contributed by atoms with Crippen LogP contribution in [0.15, 0.2) is 40.4 Å². The lowest BCUT2D eigenvalue weighted by Gasteiger charge is -2.07. The van der Waals surface area contributed by atoms with Crippen LogP contribution in [0.4, 0.5) is 0 Å². The minimum absolute atomic E-state index is 0.433. The summed E-state index contributed by atoms with van der Waals surface area (Å²) in [7, 11) is 1.60. The summed E-state index contributed by atoms with van der Waals surface area (Å²) in [4.78, 5) is 8.01. The van der Waals surface area contributed by atoms with Gasteiger partial charge in [0.25, 0.3) is 0 Å². The number of nitrogens with one attached hydrogen (secondary N) is 1. The van der Waals surface area contributed by atoms with Crippen molar-refractivity contribution in [3.8, 4) is 5.75 Å². The van der Waals surface area contributed by atoms with Crippen LogP contribution in [-0.2, 0) is 0 Å². The van der Waals surface area contributed by atoms with Crippen LogP contribution in [0, 0.1) is 4.77 Å². The largest absolute Gasteiger partial charge is 0.492 e. The maximum atomic E-state index is 5.83.